The number of aryl methyl sites for hydroxylation is 1. The molecule has 0 fully saturated rings. The topological polar surface area (TPSA) is 70.2 Å². The number of ketones is 1. The smallest absolute Gasteiger partial charge is 0.307 e. The highest BCUT2D eigenvalue weighted by Crippen LogP contribution is 2.37. The Hall–Kier alpha value is -2.66. The summed E-state index contributed by atoms with van der Waals surface area (Å²) in [5.74, 6) is 0.154. The molecule has 1 atom stereocenters. The molecular formula is C23H23NO3S. The zero-order valence-electron chi connectivity index (χ0n) is 15.8. The Kier molecular flexibility index (Phi) is 4.94. The highest BCUT2D eigenvalue weighted by atomic mass is 32.1. The molecule has 1 aromatic heterocycles. The summed E-state index contributed by atoms with van der Waals surface area (Å²) < 4.78 is 0. The summed E-state index contributed by atoms with van der Waals surface area (Å²) in [6.45, 7) is 2.08. The third-order valence-corrected chi connectivity index (χ3v) is 6.51. The van der Waals surface area contributed by atoms with E-state index < -0.39 is 5.41 Å². The molecule has 3 aromatic rings. The number of hydrogen-bond acceptors (Lipinski definition) is 4. The van der Waals surface area contributed by atoms with Gasteiger partial charge >= 0.3 is 4.87 Å². The van der Waals surface area contributed by atoms with E-state index in [-0.39, 0.29) is 16.5 Å². The zero-order chi connectivity index (χ0) is 19.7. The van der Waals surface area contributed by atoms with Crippen molar-refractivity contribution in [1.82, 2.24) is 4.98 Å². The predicted octanol–water partition coefficient (Wildman–Crippen LogP) is 4.50. The number of carbonyl (C=O) groups excluding carboxylic acids is 1. The first-order chi connectivity index (χ1) is 13.4. The summed E-state index contributed by atoms with van der Waals surface area (Å²) in [6.07, 6.45) is 3.94. The average Bonchev–Trinajstić information content (AvgIpc) is 2.92. The van der Waals surface area contributed by atoms with Crippen molar-refractivity contribution >= 4 is 17.1 Å². The monoisotopic (exact) mass is 393 g/mol. The Morgan fingerprint density at radius 1 is 1.11 bits per heavy atom. The second kappa shape index (κ2) is 7.40. The van der Waals surface area contributed by atoms with Crippen molar-refractivity contribution in [3.8, 4) is 5.88 Å². The fourth-order valence-corrected chi connectivity index (χ4v) is 4.92. The van der Waals surface area contributed by atoms with Crippen LogP contribution in [0.4, 0.5) is 0 Å². The molecule has 2 aromatic carbocycles. The Balaban J connectivity index is 1.62. The zero-order valence-corrected chi connectivity index (χ0v) is 16.6. The van der Waals surface area contributed by atoms with Crippen LogP contribution in [0.15, 0.2) is 53.3 Å². The molecule has 28 heavy (non-hydrogen) atoms. The van der Waals surface area contributed by atoms with E-state index in [0.717, 1.165) is 53.7 Å². The number of aromatic nitrogens is 1. The Labute approximate surface area is 167 Å². The highest BCUT2D eigenvalue weighted by Gasteiger charge is 2.36. The number of thiazole rings is 1. The molecular weight excluding hydrogens is 370 g/mol. The number of carbonyl (C=O) groups is 1. The van der Waals surface area contributed by atoms with Crippen molar-refractivity contribution in [2.45, 2.75) is 39.0 Å². The van der Waals surface area contributed by atoms with Gasteiger partial charge in [0.2, 0.25) is 5.88 Å². The normalized spacial score (nSPS) is 19.2. The van der Waals surface area contributed by atoms with Crippen LogP contribution in [0.2, 0.25) is 0 Å². The van der Waals surface area contributed by atoms with Crippen molar-refractivity contribution in [1.29, 1.82) is 0 Å². The Morgan fingerprint density at radius 3 is 2.61 bits per heavy atom. The number of aromatic hydroxyl groups is 1. The molecule has 0 saturated heterocycles. The lowest BCUT2D eigenvalue weighted by Crippen LogP contribution is -2.29. The number of benzene rings is 2. The maximum atomic E-state index is 13.4. The van der Waals surface area contributed by atoms with Gasteiger partial charge in [0.05, 0.1) is 4.88 Å². The minimum absolute atomic E-state index is 0.0588. The number of Topliss-reactive ketones (excluding diaryl/α,β-unsaturated/α-hetero) is 1. The third-order valence-electron chi connectivity index (χ3n) is 5.64. The summed E-state index contributed by atoms with van der Waals surface area (Å²) in [5.41, 5.74) is 3.68. The minimum atomic E-state index is -0.396. The van der Waals surface area contributed by atoms with Crippen LogP contribution in [0, 0.1) is 5.41 Å². The molecule has 2 N–H and O–H groups in total. The van der Waals surface area contributed by atoms with E-state index in [0.29, 0.717) is 11.3 Å². The molecule has 4 rings (SSSR count). The summed E-state index contributed by atoms with van der Waals surface area (Å²) >= 11 is 1.02. The van der Waals surface area contributed by atoms with Crippen LogP contribution in [-0.2, 0) is 19.3 Å². The van der Waals surface area contributed by atoms with Gasteiger partial charge in [0.25, 0.3) is 0 Å². The van der Waals surface area contributed by atoms with E-state index in [1.165, 1.54) is 5.56 Å². The minimum Gasteiger partial charge on any atom is -0.494 e. The maximum Gasteiger partial charge on any atom is 0.307 e. The van der Waals surface area contributed by atoms with Crippen molar-refractivity contribution in [2.75, 3.05) is 0 Å². The average molecular weight is 394 g/mol. The van der Waals surface area contributed by atoms with E-state index in [1.807, 2.05) is 30.3 Å². The van der Waals surface area contributed by atoms with Gasteiger partial charge < -0.3 is 5.11 Å². The van der Waals surface area contributed by atoms with Gasteiger partial charge in [-0.1, -0.05) is 66.8 Å². The summed E-state index contributed by atoms with van der Waals surface area (Å²) in [6, 6.07) is 16.1. The second-order valence-corrected chi connectivity index (χ2v) is 8.93. The molecule has 5 heteroatoms. The quantitative estimate of drug-likeness (QED) is 0.641. The first-order valence-electron chi connectivity index (χ1n) is 9.56. The lowest BCUT2D eigenvalue weighted by atomic mass is 9.75. The van der Waals surface area contributed by atoms with Crippen LogP contribution >= 0.6 is 11.3 Å². The number of nitrogens with one attached hydrogen (secondary N) is 1. The van der Waals surface area contributed by atoms with Crippen molar-refractivity contribution in [2.24, 2.45) is 5.41 Å². The molecule has 144 valence electrons. The molecule has 0 radical (unpaired) electrons. The van der Waals surface area contributed by atoms with Gasteiger partial charge in [-0.05, 0) is 42.4 Å². The Bertz CT molecular complexity index is 1070. The lowest BCUT2D eigenvalue weighted by Gasteiger charge is -2.27. The summed E-state index contributed by atoms with van der Waals surface area (Å²) in [7, 11) is 0. The first-order valence-corrected chi connectivity index (χ1v) is 10.4. The fraction of sp³-hybridized carbons (Fsp3) is 0.304. The van der Waals surface area contributed by atoms with Gasteiger partial charge in [0.15, 0.2) is 5.78 Å². The van der Waals surface area contributed by atoms with Crippen molar-refractivity contribution in [3.05, 3.63) is 85.3 Å². The molecule has 0 aliphatic heterocycles. The molecule has 0 saturated carbocycles. The van der Waals surface area contributed by atoms with Crippen LogP contribution in [0.3, 0.4) is 0 Å². The third kappa shape index (κ3) is 3.67. The van der Waals surface area contributed by atoms with Gasteiger partial charge in [0.1, 0.15) is 0 Å². The molecule has 0 spiro atoms. The molecule has 0 amide bonds. The standard InChI is InChI=1S/C23H23NO3S/c1-23(14-15-6-3-2-4-7-15)11-5-8-17-12-16(9-10-18(17)20(23)25)13-19-21(26)24-22(27)28-19/h2-4,6-7,9-10,12,26H,5,8,11,13-14H2,1H3,(H,24,27). The number of rotatable bonds is 4. The van der Waals surface area contributed by atoms with Gasteiger partial charge in [-0.3, -0.25) is 14.6 Å². The number of hydrogen-bond donors (Lipinski definition) is 2. The molecule has 1 heterocycles. The lowest BCUT2D eigenvalue weighted by molar-refractivity contribution is 0.0805. The second-order valence-electron chi connectivity index (χ2n) is 7.86. The molecule has 1 aliphatic rings. The Morgan fingerprint density at radius 2 is 1.89 bits per heavy atom. The van der Waals surface area contributed by atoms with Crippen LogP contribution in [0.1, 0.15) is 51.7 Å². The summed E-state index contributed by atoms with van der Waals surface area (Å²) in [4.78, 5) is 27.6. The van der Waals surface area contributed by atoms with Crippen molar-refractivity contribution in [3.63, 3.8) is 0 Å². The molecule has 1 unspecified atom stereocenters. The SMILES string of the molecule is CC1(Cc2ccccc2)CCCc2cc(Cc3sc(=O)[nH]c3O)ccc2C1=O. The van der Waals surface area contributed by atoms with Gasteiger partial charge in [0, 0.05) is 17.4 Å². The first kappa shape index (κ1) is 18.7. The van der Waals surface area contributed by atoms with Gasteiger partial charge in [-0.25, -0.2) is 0 Å². The summed E-state index contributed by atoms with van der Waals surface area (Å²) in [5, 5.41) is 9.83. The number of H-pyrrole nitrogens is 1. The van der Waals surface area contributed by atoms with Crippen molar-refractivity contribution < 1.29 is 9.90 Å². The van der Waals surface area contributed by atoms with Crippen LogP contribution in [-0.4, -0.2) is 15.9 Å². The van der Waals surface area contributed by atoms with E-state index in [4.69, 9.17) is 0 Å². The fourth-order valence-electron chi connectivity index (χ4n) is 4.17. The van der Waals surface area contributed by atoms with E-state index in [2.05, 4.69) is 30.1 Å². The maximum absolute atomic E-state index is 13.4. The van der Waals surface area contributed by atoms with Crippen LogP contribution in [0.5, 0.6) is 5.88 Å². The molecule has 4 nitrogen and oxygen atoms in total. The molecule has 1 aliphatic carbocycles. The molecule has 0 bridgehead atoms. The predicted molar refractivity (Wildman–Crippen MR) is 111 cm³/mol. The van der Waals surface area contributed by atoms with E-state index >= 15 is 0 Å². The number of fused-ring (bicyclic) bond motifs is 1. The van der Waals surface area contributed by atoms with Crippen LogP contribution in [0.25, 0.3) is 0 Å². The van der Waals surface area contributed by atoms with E-state index in [9.17, 15) is 14.7 Å². The largest absolute Gasteiger partial charge is 0.494 e. The van der Waals surface area contributed by atoms with Gasteiger partial charge in [-0.2, -0.15) is 0 Å². The highest BCUT2D eigenvalue weighted by molar-refractivity contribution is 7.09. The van der Waals surface area contributed by atoms with E-state index in [1.54, 1.807) is 0 Å². The number of aromatic amines is 1. The van der Waals surface area contributed by atoms with Crippen LogP contribution < -0.4 is 4.87 Å². The van der Waals surface area contributed by atoms with Gasteiger partial charge in [-0.15, -0.1) is 0 Å².